The molecule has 0 spiro atoms. The number of benzene rings is 1. The summed E-state index contributed by atoms with van der Waals surface area (Å²) in [5, 5.41) is 7.15. The summed E-state index contributed by atoms with van der Waals surface area (Å²) in [4.78, 5) is 9.00. The van der Waals surface area contributed by atoms with Gasteiger partial charge in [-0.25, -0.2) is 9.97 Å². The molecule has 0 fully saturated rings. The monoisotopic (exact) mass is 200 g/mol. The SMILES string of the molecule is CC(C)c1nc2cc3c[nH][nH]c3cc2n1. The molecule has 4 nitrogen and oxygen atoms in total. The third kappa shape index (κ3) is 1.21. The predicted molar refractivity (Wildman–Crippen MR) is 59.8 cm³/mol. The molecule has 76 valence electrons. The highest BCUT2D eigenvalue weighted by molar-refractivity contribution is 5.92. The van der Waals surface area contributed by atoms with Crippen molar-refractivity contribution in [2.75, 3.05) is 0 Å². The number of nitrogens with one attached hydrogen (secondary N) is 2. The van der Waals surface area contributed by atoms with E-state index in [0.29, 0.717) is 5.92 Å². The van der Waals surface area contributed by atoms with Crippen LogP contribution in [0.4, 0.5) is 0 Å². The summed E-state index contributed by atoms with van der Waals surface area (Å²) >= 11 is 0. The molecule has 0 bridgehead atoms. The number of hydrogen-bond donors (Lipinski definition) is 2. The van der Waals surface area contributed by atoms with Gasteiger partial charge in [0.05, 0.1) is 16.6 Å². The highest BCUT2D eigenvalue weighted by Gasteiger charge is 2.08. The van der Waals surface area contributed by atoms with Crippen molar-refractivity contribution in [2.45, 2.75) is 19.8 Å². The molecule has 2 N–H and O–H groups in total. The van der Waals surface area contributed by atoms with E-state index < -0.39 is 0 Å². The summed E-state index contributed by atoms with van der Waals surface area (Å²) in [6.07, 6.45) is 1.93. The van der Waals surface area contributed by atoms with Gasteiger partial charge in [-0.1, -0.05) is 13.8 Å². The van der Waals surface area contributed by atoms with Crippen molar-refractivity contribution in [2.24, 2.45) is 0 Å². The summed E-state index contributed by atoms with van der Waals surface area (Å²) in [6.45, 7) is 4.21. The van der Waals surface area contributed by atoms with Gasteiger partial charge in [0.1, 0.15) is 5.82 Å². The highest BCUT2D eigenvalue weighted by Crippen LogP contribution is 2.21. The molecule has 0 aliphatic rings. The van der Waals surface area contributed by atoms with E-state index in [1.54, 1.807) is 0 Å². The minimum Gasteiger partial charge on any atom is -0.307 e. The lowest BCUT2D eigenvalue weighted by atomic mass is 10.2. The second-order valence-corrected chi connectivity index (χ2v) is 4.08. The molecule has 0 radical (unpaired) electrons. The first-order chi connectivity index (χ1) is 7.24. The normalized spacial score (nSPS) is 11.9. The summed E-state index contributed by atoms with van der Waals surface area (Å²) in [6, 6.07) is 4.08. The Kier molecular flexibility index (Phi) is 1.59. The van der Waals surface area contributed by atoms with Crippen molar-refractivity contribution in [1.82, 2.24) is 20.2 Å². The van der Waals surface area contributed by atoms with Gasteiger partial charge in [-0.15, -0.1) is 0 Å². The van der Waals surface area contributed by atoms with E-state index >= 15 is 0 Å². The molecular formula is C11H12N4. The van der Waals surface area contributed by atoms with Gasteiger partial charge in [0, 0.05) is 17.5 Å². The second-order valence-electron chi connectivity index (χ2n) is 4.08. The topological polar surface area (TPSA) is 57.4 Å². The lowest BCUT2D eigenvalue weighted by molar-refractivity contribution is 0.799. The van der Waals surface area contributed by atoms with Crippen LogP contribution in [0.1, 0.15) is 25.6 Å². The van der Waals surface area contributed by atoms with Crippen LogP contribution in [0.25, 0.3) is 21.9 Å². The quantitative estimate of drug-likeness (QED) is 0.634. The van der Waals surface area contributed by atoms with Crippen LogP contribution in [0.15, 0.2) is 18.3 Å². The van der Waals surface area contributed by atoms with Crippen molar-refractivity contribution in [3.8, 4) is 0 Å². The lowest BCUT2D eigenvalue weighted by Gasteiger charge is -1.93. The second kappa shape index (κ2) is 2.82. The molecule has 2 heterocycles. The zero-order chi connectivity index (χ0) is 10.4. The van der Waals surface area contributed by atoms with Crippen LogP contribution in [0, 0.1) is 0 Å². The average molecular weight is 200 g/mol. The molecule has 0 aliphatic carbocycles. The summed E-state index contributed by atoms with van der Waals surface area (Å²) in [7, 11) is 0. The third-order valence-corrected chi connectivity index (χ3v) is 2.57. The number of H-pyrrole nitrogens is 2. The highest BCUT2D eigenvalue weighted by atomic mass is 15.1. The Morgan fingerprint density at radius 2 is 1.87 bits per heavy atom. The van der Waals surface area contributed by atoms with Crippen molar-refractivity contribution in [3.05, 3.63) is 24.2 Å². The van der Waals surface area contributed by atoms with Crippen LogP contribution in [0.3, 0.4) is 0 Å². The third-order valence-electron chi connectivity index (χ3n) is 2.57. The molecule has 3 aromatic rings. The first-order valence-electron chi connectivity index (χ1n) is 5.07. The van der Waals surface area contributed by atoms with Gasteiger partial charge < -0.3 is 10.2 Å². The smallest absolute Gasteiger partial charge is 0.132 e. The molecule has 3 rings (SSSR count). The van der Waals surface area contributed by atoms with E-state index in [1.807, 2.05) is 12.3 Å². The van der Waals surface area contributed by atoms with Gasteiger partial charge in [-0.3, -0.25) is 0 Å². The van der Waals surface area contributed by atoms with Crippen LogP contribution in [-0.4, -0.2) is 20.2 Å². The fourth-order valence-electron chi connectivity index (χ4n) is 1.72. The number of fused-ring (bicyclic) bond motifs is 2. The largest absolute Gasteiger partial charge is 0.307 e. The van der Waals surface area contributed by atoms with Gasteiger partial charge >= 0.3 is 0 Å². The van der Waals surface area contributed by atoms with Crippen LogP contribution in [-0.2, 0) is 0 Å². The molecule has 4 heteroatoms. The summed E-state index contributed by atoms with van der Waals surface area (Å²) < 4.78 is 0. The van der Waals surface area contributed by atoms with Gasteiger partial charge in [0.25, 0.3) is 0 Å². The maximum absolute atomic E-state index is 4.50. The van der Waals surface area contributed by atoms with Crippen molar-refractivity contribution >= 4 is 21.9 Å². The standard InChI is InChI=1S/C11H12N4/c1-6(2)11-13-9-3-7-5-12-15-8(7)4-10(9)14-11/h3-6,12,15H,1-2H3. The van der Waals surface area contributed by atoms with Crippen molar-refractivity contribution < 1.29 is 0 Å². The van der Waals surface area contributed by atoms with E-state index in [0.717, 1.165) is 27.8 Å². The molecule has 15 heavy (non-hydrogen) atoms. The number of imidazole rings is 1. The van der Waals surface area contributed by atoms with Crippen molar-refractivity contribution in [3.63, 3.8) is 0 Å². The van der Waals surface area contributed by atoms with Gasteiger partial charge in [0.15, 0.2) is 0 Å². The number of aromatic amines is 2. The molecule has 2 aromatic heterocycles. The zero-order valence-electron chi connectivity index (χ0n) is 8.70. The van der Waals surface area contributed by atoms with Crippen LogP contribution < -0.4 is 0 Å². The van der Waals surface area contributed by atoms with Crippen molar-refractivity contribution in [1.29, 1.82) is 0 Å². The van der Waals surface area contributed by atoms with Crippen LogP contribution in [0.2, 0.25) is 0 Å². The fraction of sp³-hybridized carbons (Fsp3) is 0.273. The zero-order valence-corrected chi connectivity index (χ0v) is 8.70. The molecule has 0 aliphatic heterocycles. The van der Waals surface area contributed by atoms with Gasteiger partial charge in [-0.05, 0) is 12.1 Å². The average Bonchev–Trinajstić information content (AvgIpc) is 2.77. The van der Waals surface area contributed by atoms with E-state index in [2.05, 4.69) is 40.1 Å². The Morgan fingerprint density at radius 1 is 1.13 bits per heavy atom. The number of hydrogen-bond acceptors (Lipinski definition) is 2. The molecular weight excluding hydrogens is 188 g/mol. The number of nitrogens with zero attached hydrogens (tertiary/aromatic N) is 2. The Morgan fingerprint density at radius 3 is 2.60 bits per heavy atom. The molecule has 0 amide bonds. The number of aromatic nitrogens is 4. The van der Waals surface area contributed by atoms with Gasteiger partial charge in [-0.2, -0.15) is 0 Å². The van der Waals surface area contributed by atoms with E-state index in [9.17, 15) is 0 Å². The summed E-state index contributed by atoms with van der Waals surface area (Å²) in [5.74, 6) is 1.30. The van der Waals surface area contributed by atoms with Gasteiger partial charge in [0.2, 0.25) is 0 Å². The Labute approximate surface area is 86.7 Å². The first kappa shape index (κ1) is 8.47. The fourth-order valence-corrected chi connectivity index (χ4v) is 1.72. The Bertz CT molecular complexity index is 570. The van der Waals surface area contributed by atoms with E-state index in [1.165, 1.54) is 0 Å². The van der Waals surface area contributed by atoms with E-state index in [-0.39, 0.29) is 0 Å². The maximum atomic E-state index is 4.50. The van der Waals surface area contributed by atoms with E-state index in [4.69, 9.17) is 0 Å². The minimum absolute atomic E-state index is 0.377. The predicted octanol–water partition coefficient (Wildman–Crippen LogP) is 2.56. The minimum atomic E-state index is 0.377. The van der Waals surface area contributed by atoms with Crippen LogP contribution >= 0.6 is 0 Å². The van der Waals surface area contributed by atoms with Crippen LogP contribution in [0.5, 0.6) is 0 Å². The Balaban J connectivity index is 2.34. The first-order valence-corrected chi connectivity index (χ1v) is 5.07. The molecule has 0 saturated carbocycles. The molecule has 0 saturated heterocycles. The lowest BCUT2D eigenvalue weighted by Crippen LogP contribution is -1.88. The molecule has 1 aromatic carbocycles. The molecule has 0 atom stereocenters. The number of rotatable bonds is 1. The Hall–Kier alpha value is -1.84. The maximum Gasteiger partial charge on any atom is 0.132 e. The molecule has 0 unspecified atom stereocenters. The summed E-state index contributed by atoms with van der Waals surface area (Å²) in [5.41, 5.74) is 3.00.